The molecule has 0 amide bonds. The molecule has 1 aliphatic heterocycles. The van der Waals surface area contributed by atoms with Crippen molar-refractivity contribution in [2.45, 2.75) is 44.3 Å². The fourth-order valence-electron chi connectivity index (χ4n) is 3.22. The van der Waals surface area contributed by atoms with E-state index in [1.165, 1.54) is 5.56 Å². The molecule has 1 aliphatic rings. The minimum Gasteiger partial charge on any atom is -0.481 e. The van der Waals surface area contributed by atoms with Crippen LogP contribution < -0.4 is 4.74 Å². The van der Waals surface area contributed by atoms with Crippen molar-refractivity contribution in [3.63, 3.8) is 0 Å². The molecule has 0 spiro atoms. The zero-order valence-corrected chi connectivity index (χ0v) is 15.4. The third kappa shape index (κ3) is 6.26. The Morgan fingerprint density at radius 1 is 1.15 bits per heavy atom. The Morgan fingerprint density at radius 2 is 1.93 bits per heavy atom. The van der Waals surface area contributed by atoms with Gasteiger partial charge in [0.05, 0.1) is 13.0 Å². The zero-order chi connectivity index (χ0) is 18.9. The molecule has 2 unspecified atom stereocenters. The summed E-state index contributed by atoms with van der Waals surface area (Å²) in [6.45, 7) is 0.746. The van der Waals surface area contributed by atoms with E-state index < -0.39 is 5.97 Å². The Hall–Kier alpha value is -2.59. The van der Waals surface area contributed by atoms with Gasteiger partial charge in [-0.1, -0.05) is 54.6 Å². The molecule has 1 heterocycles. The minimum absolute atomic E-state index is 0.0667. The number of hydrogen-bond acceptors (Lipinski definition) is 3. The quantitative estimate of drug-likeness (QED) is 0.672. The molecule has 0 aliphatic carbocycles. The van der Waals surface area contributed by atoms with Crippen LogP contribution in [0.5, 0.6) is 5.75 Å². The summed E-state index contributed by atoms with van der Waals surface area (Å²) in [5.74, 6) is -0.209. The number of hydrogen-bond donors (Lipinski definition) is 1. The Labute approximate surface area is 160 Å². The Morgan fingerprint density at radius 3 is 2.59 bits per heavy atom. The van der Waals surface area contributed by atoms with Crippen LogP contribution in [0.25, 0.3) is 0 Å². The fourth-order valence-corrected chi connectivity index (χ4v) is 3.22. The molecule has 4 heteroatoms. The van der Waals surface area contributed by atoms with Gasteiger partial charge in [-0.15, -0.1) is 0 Å². The van der Waals surface area contributed by atoms with Crippen LogP contribution in [-0.4, -0.2) is 24.0 Å². The maximum Gasteiger partial charge on any atom is 0.304 e. The van der Waals surface area contributed by atoms with Crippen molar-refractivity contribution >= 4 is 5.97 Å². The van der Waals surface area contributed by atoms with E-state index in [-0.39, 0.29) is 18.6 Å². The number of carboxylic acid groups (broad SMARTS) is 1. The van der Waals surface area contributed by atoms with Crippen LogP contribution in [0.3, 0.4) is 0 Å². The summed E-state index contributed by atoms with van der Waals surface area (Å²) >= 11 is 0. The van der Waals surface area contributed by atoms with E-state index in [9.17, 15) is 9.90 Å². The normalized spacial score (nSPS) is 18.3. The Kier molecular flexibility index (Phi) is 7.05. The zero-order valence-electron chi connectivity index (χ0n) is 15.4. The number of benzene rings is 2. The van der Waals surface area contributed by atoms with Crippen LogP contribution >= 0.6 is 0 Å². The lowest BCUT2D eigenvalue weighted by molar-refractivity contribution is -0.137. The lowest BCUT2D eigenvalue weighted by Gasteiger charge is -2.23. The molecule has 1 N–H and O–H groups in total. The smallest absolute Gasteiger partial charge is 0.304 e. The highest BCUT2D eigenvalue weighted by Crippen LogP contribution is 2.26. The maximum atomic E-state index is 11.3. The van der Waals surface area contributed by atoms with E-state index in [1.807, 2.05) is 54.6 Å². The highest BCUT2D eigenvalue weighted by atomic mass is 16.7. The van der Waals surface area contributed by atoms with Crippen molar-refractivity contribution in [3.05, 3.63) is 77.9 Å². The average molecular weight is 366 g/mol. The summed E-state index contributed by atoms with van der Waals surface area (Å²) in [5, 5.41) is 9.26. The molecular formula is C23H26O4. The van der Waals surface area contributed by atoms with Crippen LogP contribution in [0, 0.1) is 0 Å². The number of aliphatic carboxylic acids is 1. The molecule has 1 fully saturated rings. The van der Waals surface area contributed by atoms with Crippen molar-refractivity contribution in [1.82, 2.24) is 0 Å². The first-order chi connectivity index (χ1) is 13.2. The highest BCUT2D eigenvalue weighted by molar-refractivity contribution is 5.68. The van der Waals surface area contributed by atoms with Crippen molar-refractivity contribution in [1.29, 1.82) is 0 Å². The Balaban J connectivity index is 1.63. The first-order valence-corrected chi connectivity index (χ1v) is 9.51. The molecule has 0 aromatic heterocycles. The summed E-state index contributed by atoms with van der Waals surface area (Å²) in [7, 11) is 0. The summed E-state index contributed by atoms with van der Waals surface area (Å²) < 4.78 is 11.4. The van der Waals surface area contributed by atoms with Gasteiger partial charge in [-0.2, -0.15) is 0 Å². The van der Waals surface area contributed by atoms with E-state index >= 15 is 0 Å². The molecule has 27 heavy (non-hydrogen) atoms. The monoisotopic (exact) mass is 366 g/mol. The predicted octanol–water partition coefficient (Wildman–Crippen LogP) is 4.95. The minimum atomic E-state index is -0.805. The summed E-state index contributed by atoms with van der Waals surface area (Å²) in [6.07, 6.45) is 7.83. The average Bonchev–Trinajstić information content (AvgIpc) is 2.69. The molecule has 3 rings (SSSR count). The van der Waals surface area contributed by atoms with Crippen molar-refractivity contribution in [2.75, 3.05) is 6.61 Å². The molecule has 2 aromatic rings. The van der Waals surface area contributed by atoms with Gasteiger partial charge in [0.2, 0.25) is 0 Å². The number of allylic oxidation sites excluding steroid dienone is 2. The first kappa shape index (κ1) is 19.2. The SMILES string of the molecule is O=C(O)CC(C=CCc1ccccc1)c1ccc(OC2CCCCO2)cc1. The van der Waals surface area contributed by atoms with Crippen LogP contribution in [0.1, 0.15) is 42.7 Å². The van der Waals surface area contributed by atoms with Gasteiger partial charge in [0.25, 0.3) is 0 Å². The van der Waals surface area contributed by atoms with E-state index in [2.05, 4.69) is 12.1 Å². The molecule has 4 nitrogen and oxygen atoms in total. The van der Waals surface area contributed by atoms with Gasteiger partial charge in [0.15, 0.2) is 6.29 Å². The second-order valence-corrected chi connectivity index (χ2v) is 6.81. The molecule has 1 saturated heterocycles. The van der Waals surface area contributed by atoms with E-state index in [0.29, 0.717) is 0 Å². The van der Waals surface area contributed by atoms with Gasteiger partial charge >= 0.3 is 5.97 Å². The van der Waals surface area contributed by atoms with Gasteiger partial charge in [0.1, 0.15) is 5.75 Å². The van der Waals surface area contributed by atoms with Crippen LogP contribution in [-0.2, 0) is 16.0 Å². The van der Waals surface area contributed by atoms with Gasteiger partial charge in [-0.3, -0.25) is 4.79 Å². The van der Waals surface area contributed by atoms with Gasteiger partial charge in [-0.25, -0.2) is 0 Å². The third-order valence-electron chi connectivity index (χ3n) is 4.67. The summed E-state index contributed by atoms with van der Waals surface area (Å²) in [5.41, 5.74) is 2.18. The molecular weight excluding hydrogens is 340 g/mol. The molecule has 2 atom stereocenters. The lowest BCUT2D eigenvalue weighted by atomic mass is 9.94. The van der Waals surface area contributed by atoms with Gasteiger partial charge in [-0.05, 0) is 42.5 Å². The third-order valence-corrected chi connectivity index (χ3v) is 4.67. The number of carbonyl (C=O) groups is 1. The van der Waals surface area contributed by atoms with E-state index in [0.717, 1.165) is 43.6 Å². The topological polar surface area (TPSA) is 55.8 Å². The first-order valence-electron chi connectivity index (χ1n) is 9.51. The van der Waals surface area contributed by atoms with Crippen LogP contribution in [0.4, 0.5) is 0 Å². The van der Waals surface area contributed by atoms with E-state index in [1.54, 1.807) is 0 Å². The molecule has 2 aromatic carbocycles. The molecule has 0 bridgehead atoms. The van der Waals surface area contributed by atoms with Crippen LogP contribution in [0.2, 0.25) is 0 Å². The lowest BCUT2D eigenvalue weighted by Crippen LogP contribution is -2.24. The number of carboxylic acids is 1. The largest absolute Gasteiger partial charge is 0.481 e. The second kappa shape index (κ2) is 9.93. The maximum absolute atomic E-state index is 11.3. The fraction of sp³-hybridized carbons (Fsp3) is 0.348. The van der Waals surface area contributed by atoms with E-state index in [4.69, 9.17) is 9.47 Å². The van der Waals surface area contributed by atoms with Crippen molar-refractivity contribution in [3.8, 4) is 5.75 Å². The van der Waals surface area contributed by atoms with Gasteiger partial charge in [0, 0.05) is 12.3 Å². The highest BCUT2D eigenvalue weighted by Gasteiger charge is 2.16. The summed E-state index contributed by atoms with van der Waals surface area (Å²) in [4.78, 5) is 11.3. The summed E-state index contributed by atoms with van der Waals surface area (Å²) in [6, 6.07) is 17.8. The predicted molar refractivity (Wildman–Crippen MR) is 105 cm³/mol. The van der Waals surface area contributed by atoms with Crippen LogP contribution in [0.15, 0.2) is 66.7 Å². The Bertz CT molecular complexity index is 731. The molecule has 142 valence electrons. The van der Waals surface area contributed by atoms with Gasteiger partial charge < -0.3 is 14.6 Å². The standard InChI is InChI=1S/C23H26O4/c24-22(25)17-20(10-6-9-18-7-2-1-3-8-18)19-12-14-21(15-13-19)27-23-11-4-5-16-26-23/h1-3,6-8,10,12-15,20,23H,4-5,9,11,16-17H2,(H,24,25). The molecule has 0 saturated carbocycles. The van der Waals surface area contributed by atoms with Crippen molar-refractivity contribution < 1.29 is 19.4 Å². The van der Waals surface area contributed by atoms with Crippen molar-refractivity contribution in [2.24, 2.45) is 0 Å². The second-order valence-electron chi connectivity index (χ2n) is 6.81. The number of ether oxygens (including phenoxy) is 2. The number of rotatable bonds is 8. The molecule has 0 radical (unpaired) electrons.